The number of hydrogen-bond acceptors (Lipinski definition) is 1. The van der Waals surface area contributed by atoms with Crippen molar-refractivity contribution in [1.82, 2.24) is 9.78 Å². The highest BCUT2D eigenvalue weighted by molar-refractivity contribution is 5.25. The lowest BCUT2D eigenvalue weighted by molar-refractivity contribution is 0.674. The third-order valence-corrected chi connectivity index (χ3v) is 2.24. The molecule has 0 aromatic carbocycles. The molecule has 2 nitrogen and oxygen atoms in total. The highest BCUT2D eigenvalue weighted by atomic mass is 15.2. The Hall–Kier alpha value is -1.31. The van der Waals surface area contributed by atoms with E-state index >= 15 is 0 Å². The Labute approximate surface area is 92.3 Å². The van der Waals surface area contributed by atoms with Gasteiger partial charge in [0.15, 0.2) is 0 Å². The van der Waals surface area contributed by atoms with Crippen molar-refractivity contribution < 1.29 is 0 Å². The van der Waals surface area contributed by atoms with Gasteiger partial charge in [0.25, 0.3) is 0 Å². The average Bonchev–Trinajstić information content (AvgIpc) is 2.75. The maximum absolute atomic E-state index is 4.07. The number of nitrogens with zero attached hydrogens (tertiary/aromatic N) is 2. The van der Waals surface area contributed by atoms with Gasteiger partial charge in [0.05, 0.1) is 0 Å². The van der Waals surface area contributed by atoms with Crippen LogP contribution < -0.4 is 0 Å². The standard InChI is InChI=1S/C13H20N2/c1-2-3-4-5-6-7-8-9-12-15-13-10-11-14-15/h7-13H,2-6H2,1H3/b8-7+,12-9-. The van der Waals surface area contributed by atoms with Crippen molar-refractivity contribution in [1.29, 1.82) is 0 Å². The predicted octanol–water partition coefficient (Wildman–Crippen LogP) is 3.88. The lowest BCUT2D eigenvalue weighted by Gasteiger charge is -1.93. The van der Waals surface area contributed by atoms with E-state index in [1.165, 1.54) is 32.1 Å². The van der Waals surface area contributed by atoms with Crippen LogP contribution in [-0.4, -0.2) is 9.78 Å². The maximum atomic E-state index is 4.07. The minimum absolute atomic E-state index is 1.18. The molecule has 0 aliphatic carbocycles. The van der Waals surface area contributed by atoms with Crippen molar-refractivity contribution in [2.75, 3.05) is 0 Å². The van der Waals surface area contributed by atoms with Crippen LogP contribution in [0.5, 0.6) is 0 Å². The number of unbranched alkanes of at least 4 members (excludes halogenated alkanes) is 4. The summed E-state index contributed by atoms with van der Waals surface area (Å²) in [5.41, 5.74) is 0. The highest BCUT2D eigenvalue weighted by Crippen LogP contribution is 2.02. The normalized spacial score (nSPS) is 11.8. The van der Waals surface area contributed by atoms with Gasteiger partial charge in [0.1, 0.15) is 0 Å². The third kappa shape index (κ3) is 5.89. The minimum atomic E-state index is 1.18. The van der Waals surface area contributed by atoms with E-state index in [1.54, 1.807) is 10.9 Å². The van der Waals surface area contributed by atoms with Crippen molar-refractivity contribution in [3.63, 3.8) is 0 Å². The van der Waals surface area contributed by atoms with Crippen molar-refractivity contribution >= 4 is 6.20 Å². The molecule has 82 valence electrons. The zero-order valence-electron chi connectivity index (χ0n) is 9.47. The molecule has 0 fully saturated rings. The molecule has 0 saturated carbocycles. The summed E-state index contributed by atoms with van der Waals surface area (Å²) in [6, 6.07) is 1.92. The molecule has 1 rings (SSSR count). The van der Waals surface area contributed by atoms with Gasteiger partial charge < -0.3 is 0 Å². The number of rotatable bonds is 7. The van der Waals surface area contributed by atoms with Gasteiger partial charge in [0.2, 0.25) is 0 Å². The first-order chi connectivity index (χ1) is 7.43. The molecule has 1 heterocycles. The molecular weight excluding hydrogens is 184 g/mol. The minimum Gasteiger partial charge on any atom is -0.248 e. The quantitative estimate of drug-likeness (QED) is 0.487. The van der Waals surface area contributed by atoms with Gasteiger partial charge >= 0.3 is 0 Å². The van der Waals surface area contributed by atoms with Crippen molar-refractivity contribution in [3.8, 4) is 0 Å². The second-order valence-corrected chi connectivity index (χ2v) is 3.61. The van der Waals surface area contributed by atoms with E-state index in [0.29, 0.717) is 0 Å². The molecule has 0 atom stereocenters. The summed E-state index contributed by atoms with van der Waals surface area (Å²) >= 11 is 0. The lowest BCUT2D eigenvalue weighted by atomic mass is 10.1. The van der Waals surface area contributed by atoms with Gasteiger partial charge in [-0.15, -0.1) is 0 Å². The third-order valence-electron chi connectivity index (χ3n) is 2.24. The molecule has 15 heavy (non-hydrogen) atoms. The van der Waals surface area contributed by atoms with Crippen LogP contribution in [0.25, 0.3) is 6.20 Å². The monoisotopic (exact) mass is 204 g/mol. The molecule has 0 saturated heterocycles. The Morgan fingerprint density at radius 3 is 2.87 bits per heavy atom. The molecule has 0 unspecified atom stereocenters. The summed E-state index contributed by atoms with van der Waals surface area (Å²) in [7, 11) is 0. The van der Waals surface area contributed by atoms with E-state index in [-0.39, 0.29) is 0 Å². The first-order valence-electron chi connectivity index (χ1n) is 5.76. The zero-order chi connectivity index (χ0) is 10.8. The fourth-order valence-corrected chi connectivity index (χ4v) is 1.37. The predicted molar refractivity (Wildman–Crippen MR) is 65.5 cm³/mol. The molecule has 0 amide bonds. The van der Waals surface area contributed by atoms with E-state index < -0.39 is 0 Å². The molecule has 0 spiro atoms. The topological polar surface area (TPSA) is 17.8 Å². The fraction of sp³-hybridized carbons (Fsp3) is 0.462. The van der Waals surface area contributed by atoms with Crippen LogP contribution in [0.2, 0.25) is 0 Å². The summed E-state index contributed by atoms with van der Waals surface area (Å²) in [6.45, 7) is 2.24. The van der Waals surface area contributed by atoms with E-state index in [2.05, 4.69) is 24.2 Å². The molecule has 0 bridgehead atoms. The summed E-state index contributed by atoms with van der Waals surface area (Å²) in [4.78, 5) is 0. The van der Waals surface area contributed by atoms with Crippen molar-refractivity contribution in [2.24, 2.45) is 0 Å². The van der Waals surface area contributed by atoms with Gasteiger partial charge in [0, 0.05) is 18.6 Å². The molecule has 0 aliphatic rings. The zero-order valence-corrected chi connectivity index (χ0v) is 9.47. The molecular formula is C13H20N2. The van der Waals surface area contributed by atoms with E-state index in [0.717, 1.165) is 0 Å². The summed E-state index contributed by atoms with van der Waals surface area (Å²) < 4.78 is 1.79. The molecule has 1 aromatic rings. The van der Waals surface area contributed by atoms with Gasteiger partial charge in [-0.25, -0.2) is 4.68 Å². The summed E-state index contributed by atoms with van der Waals surface area (Å²) in [6.07, 6.45) is 18.5. The first kappa shape index (κ1) is 11.8. The van der Waals surface area contributed by atoms with Crippen LogP contribution in [0, 0.1) is 0 Å². The lowest BCUT2D eigenvalue weighted by Crippen LogP contribution is -1.82. The van der Waals surface area contributed by atoms with E-state index in [4.69, 9.17) is 0 Å². The summed E-state index contributed by atoms with van der Waals surface area (Å²) in [5.74, 6) is 0. The highest BCUT2D eigenvalue weighted by Gasteiger charge is 1.83. The molecule has 0 N–H and O–H groups in total. The molecule has 1 aromatic heterocycles. The van der Waals surface area contributed by atoms with Crippen LogP contribution in [0.4, 0.5) is 0 Å². The van der Waals surface area contributed by atoms with Crippen LogP contribution in [0.3, 0.4) is 0 Å². The van der Waals surface area contributed by atoms with Gasteiger partial charge in [-0.3, -0.25) is 0 Å². The van der Waals surface area contributed by atoms with Crippen LogP contribution in [0.1, 0.15) is 39.0 Å². The number of hydrogen-bond donors (Lipinski definition) is 0. The van der Waals surface area contributed by atoms with Crippen molar-refractivity contribution in [3.05, 3.63) is 36.7 Å². The SMILES string of the molecule is CCCCCC/C=C/C=C\n1cccn1. The summed E-state index contributed by atoms with van der Waals surface area (Å²) in [5, 5.41) is 4.07. The molecule has 0 radical (unpaired) electrons. The maximum Gasteiger partial charge on any atom is 0.0493 e. The Morgan fingerprint density at radius 2 is 2.13 bits per heavy atom. The smallest absolute Gasteiger partial charge is 0.0493 e. The van der Waals surface area contributed by atoms with Gasteiger partial charge in [-0.1, -0.05) is 38.3 Å². The fourth-order valence-electron chi connectivity index (χ4n) is 1.37. The number of aromatic nitrogens is 2. The number of allylic oxidation sites excluding steroid dienone is 3. The van der Waals surface area contributed by atoms with Gasteiger partial charge in [-0.2, -0.15) is 5.10 Å². The Bertz CT molecular complexity index is 283. The first-order valence-corrected chi connectivity index (χ1v) is 5.76. The van der Waals surface area contributed by atoms with Crippen LogP contribution in [-0.2, 0) is 0 Å². The van der Waals surface area contributed by atoms with Crippen LogP contribution in [0.15, 0.2) is 36.7 Å². The molecule has 2 heteroatoms. The Morgan fingerprint density at radius 1 is 1.20 bits per heavy atom. The van der Waals surface area contributed by atoms with E-state index in [1.807, 2.05) is 24.5 Å². The second-order valence-electron chi connectivity index (χ2n) is 3.61. The van der Waals surface area contributed by atoms with Crippen LogP contribution >= 0.6 is 0 Å². The second kappa shape index (κ2) is 8.04. The Kier molecular flexibility index (Phi) is 6.30. The van der Waals surface area contributed by atoms with E-state index in [9.17, 15) is 0 Å². The van der Waals surface area contributed by atoms with Gasteiger partial charge in [-0.05, 0) is 25.0 Å². The Balaban J connectivity index is 2.06. The molecule has 0 aliphatic heterocycles. The largest absolute Gasteiger partial charge is 0.248 e. The van der Waals surface area contributed by atoms with Crippen molar-refractivity contribution in [2.45, 2.75) is 39.0 Å². The average molecular weight is 204 g/mol.